The summed E-state index contributed by atoms with van der Waals surface area (Å²) in [5, 5.41) is 25.6. The van der Waals surface area contributed by atoms with Gasteiger partial charge in [0.05, 0.1) is 16.7 Å². The van der Waals surface area contributed by atoms with Crippen LogP contribution in [0.2, 0.25) is 0 Å². The van der Waals surface area contributed by atoms with Crippen molar-refractivity contribution >= 4 is 17.4 Å². The lowest BCUT2D eigenvalue weighted by Gasteiger charge is -2.06. The van der Waals surface area contributed by atoms with E-state index in [2.05, 4.69) is 10.4 Å². The van der Waals surface area contributed by atoms with E-state index in [-0.39, 0.29) is 11.4 Å². The van der Waals surface area contributed by atoms with Gasteiger partial charge in [0.25, 0.3) is 11.6 Å². The Morgan fingerprint density at radius 3 is 2.90 bits per heavy atom. The fraction of sp³-hybridized carbons (Fsp3) is 0.0833. The van der Waals surface area contributed by atoms with Gasteiger partial charge in [-0.3, -0.25) is 19.6 Å². The highest BCUT2D eigenvalue weighted by atomic mass is 19.1. The summed E-state index contributed by atoms with van der Waals surface area (Å²) in [5.74, 6) is -1.73. The SMILES string of the molecule is Cn1ncc(C#N)c1NC(=O)c1cc([N+](=O)[O-])ccc1F. The molecular formula is C12H8FN5O3. The van der Waals surface area contributed by atoms with Crippen LogP contribution < -0.4 is 5.32 Å². The Hall–Kier alpha value is -3.28. The number of halogens is 1. The molecule has 0 unspecified atom stereocenters. The van der Waals surface area contributed by atoms with Crippen molar-refractivity contribution in [1.29, 1.82) is 5.26 Å². The molecule has 1 N–H and O–H groups in total. The van der Waals surface area contributed by atoms with Crippen LogP contribution in [0.15, 0.2) is 24.4 Å². The molecule has 0 aliphatic rings. The number of amides is 1. The molecule has 0 bridgehead atoms. The van der Waals surface area contributed by atoms with E-state index < -0.39 is 27.9 Å². The van der Waals surface area contributed by atoms with Crippen molar-refractivity contribution in [3.05, 3.63) is 51.5 Å². The van der Waals surface area contributed by atoms with Crippen molar-refractivity contribution < 1.29 is 14.1 Å². The molecule has 0 saturated heterocycles. The van der Waals surface area contributed by atoms with E-state index in [0.717, 1.165) is 18.2 Å². The summed E-state index contributed by atoms with van der Waals surface area (Å²) in [5.41, 5.74) is -0.807. The highest BCUT2D eigenvalue weighted by Crippen LogP contribution is 2.19. The second-order valence-corrected chi connectivity index (χ2v) is 4.02. The standard InChI is InChI=1S/C12H8FN5O3/c1-17-11(7(5-14)6-15-17)16-12(19)9-4-8(18(20)21)2-3-10(9)13/h2-4,6H,1H3,(H,16,19). The van der Waals surface area contributed by atoms with Crippen LogP contribution in [0.4, 0.5) is 15.9 Å². The maximum absolute atomic E-state index is 13.6. The zero-order valence-electron chi connectivity index (χ0n) is 10.7. The molecule has 2 rings (SSSR count). The Morgan fingerprint density at radius 1 is 1.57 bits per heavy atom. The van der Waals surface area contributed by atoms with Gasteiger partial charge in [-0.25, -0.2) is 4.39 Å². The van der Waals surface area contributed by atoms with Crippen molar-refractivity contribution in [2.45, 2.75) is 0 Å². The molecule has 0 atom stereocenters. The predicted molar refractivity (Wildman–Crippen MR) is 68.9 cm³/mol. The number of nitriles is 1. The number of nitro groups is 1. The molecule has 0 aliphatic carbocycles. The molecule has 2 aromatic rings. The summed E-state index contributed by atoms with van der Waals surface area (Å²) < 4.78 is 14.9. The average Bonchev–Trinajstić information content (AvgIpc) is 2.79. The molecule has 106 valence electrons. The van der Waals surface area contributed by atoms with Crippen LogP contribution in [0.25, 0.3) is 0 Å². The number of rotatable bonds is 3. The monoisotopic (exact) mass is 289 g/mol. The van der Waals surface area contributed by atoms with Crippen molar-refractivity contribution in [1.82, 2.24) is 9.78 Å². The zero-order valence-corrected chi connectivity index (χ0v) is 10.7. The van der Waals surface area contributed by atoms with Gasteiger partial charge in [-0.2, -0.15) is 10.4 Å². The number of hydrogen-bond acceptors (Lipinski definition) is 5. The van der Waals surface area contributed by atoms with Crippen LogP contribution >= 0.6 is 0 Å². The normalized spacial score (nSPS) is 9.95. The Balaban J connectivity index is 2.37. The lowest BCUT2D eigenvalue weighted by molar-refractivity contribution is -0.384. The molecule has 0 saturated carbocycles. The number of nitrogens with one attached hydrogen (secondary N) is 1. The minimum atomic E-state index is -0.906. The van der Waals surface area contributed by atoms with Crippen LogP contribution in [-0.2, 0) is 7.05 Å². The molecule has 1 amide bonds. The van der Waals surface area contributed by atoms with Gasteiger partial charge in [-0.15, -0.1) is 0 Å². The Morgan fingerprint density at radius 2 is 2.29 bits per heavy atom. The topological polar surface area (TPSA) is 114 Å². The Labute approximate surface area is 117 Å². The highest BCUT2D eigenvalue weighted by Gasteiger charge is 2.19. The molecule has 1 aromatic heterocycles. The third-order valence-electron chi connectivity index (χ3n) is 2.70. The molecule has 9 heteroatoms. The lowest BCUT2D eigenvalue weighted by atomic mass is 10.1. The van der Waals surface area contributed by atoms with Crippen LogP contribution in [0, 0.1) is 27.3 Å². The number of nitro benzene ring substituents is 1. The van der Waals surface area contributed by atoms with Gasteiger partial charge in [-0.1, -0.05) is 0 Å². The first-order valence-electron chi connectivity index (χ1n) is 5.61. The summed E-state index contributed by atoms with van der Waals surface area (Å²) in [6.45, 7) is 0. The first-order chi connectivity index (χ1) is 9.93. The van der Waals surface area contributed by atoms with Crippen LogP contribution in [0.1, 0.15) is 15.9 Å². The summed E-state index contributed by atoms with van der Waals surface area (Å²) in [4.78, 5) is 21.9. The average molecular weight is 289 g/mol. The van der Waals surface area contributed by atoms with Crippen LogP contribution in [0.3, 0.4) is 0 Å². The first kappa shape index (κ1) is 14.1. The minimum absolute atomic E-state index is 0.0772. The minimum Gasteiger partial charge on any atom is -0.306 e. The number of benzene rings is 1. The highest BCUT2D eigenvalue weighted by molar-refractivity contribution is 6.05. The Bertz CT molecular complexity index is 778. The van der Waals surface area contributed by atoms with E-state index in [9.17, 15) is 19.3 Å². The molecule has 1 heterocycles. The molecule has 0 aliphatic heterocycles. The predicted octanol–water partition coefficient (Wildman–Crippen LogP) is 1.59. The van der Waals surface area contributed by atoms with E-state index >= 15 is 0 Å². The number of nitrogens with zero attached hydrogens (tertiary/aromatic N) is 4. The number of carbonyl (C=O) groups excluding carboxylic acids is 1. The second-order valence-electron chi connectivity index (χ2n) is 4.02. The van der Waals surface area contributed by atoms with Gasteiger partial charge in [0, 0.05) is 19.2 Å². The number of aryl methyl sites for hydroxylation is 1. The van der Waals surface area contributed by atoms with Crippen molar-refractivity contribution in [2.75, 3.05) is 5.32 Å². The van der Waals surface area contributed by atoms with Gasteiger partial charge < -0.3 is 5.32 Å². The summed E-state index contributed by atoms with van der Waals surface area (Å²) in [7, 11) is 1.49. The number of aromatic nitrogens is 2. The quantitative estimate of drug-likeness (QED) is 0.680. The largest absolute Gasteiger partial charge is 0.306 e. The number of non-ortho nitro benzene ring substituents is 1. The fourth-order valence-electron chi connectivity index (χ4n) is 1.64. The van der Waals surface area contributed by atoms with E-state index in [4.69, 9.17) is 5.26 Å². The van der Waals surface area contributed by atoms with Gasteiger partial charge in [0.1, 0.15) is 23.3 Å². The first-order valence-corrected chi connectivity index (χ1v) is 5.61. The smallest absolute Gasteiger partial charge is 0.270 e. The molecule has 0 spiro atoms. The number of anilines is 1. The van der Waals surface area contributed by atoms with E-state index in [1.54, 1.807) is 0 Å². The maximum atomic E-state index is 13.6. The third-order valence-corrected chi connectivity index (χ3v) is 2.70. The van der Waals surface area contributed by atoms with E-state index in [0.29, 0.717) is 0 Å². The lowest BCUT2D eigenvalue weighted by Crippen LogP contribution is -2.17. The molecule has 0 radical (unpaired) electrons. The summed E-state index contributed by atoms with van der Waals surface area (Å²) in [6.07, 6.45) is 1.24. The van der Waals surface area contributed by atoms with Crippen molar-refractivity contribution in [3.8, 4) is 6.07 Å². The number of carbonyl (C=O) groups is 1. The van der Waals surface area contributed by atoms with E-state index in [1.807, 2.05) is 6.07 Å². The summed E-state index contributed by atoms with van der Waals surface area (Å²) in [6, 6.07) is 4.43. The molecule has 21 heavy (non-hydrogen) atoms. The molecule has 8 nitrogen and oxygen atoms in total. The van der Waals surface area contributed by atoms with Gasteiger partial charge in [0.2, 0.25) is 0 Å². The van der Waals surface area contributed by atoms with Crippen LogP contribution in [0.5, 0.6) is 0 Å². The van der Waals surface area contributed by atoms with Gasteiger partial charge in [-0.05, 0) is 6.07 Å². The zero-order chi connectivity index (χ0) is 15.6. The van der Waals surface area contributed by atoms with Gasteiger partial charge >= 0.3 is 0 Å². The van der Waals surface area contributed by atoms with Crippen LogP contribution in [-0.4, -0.2) is 20.6 Å². The van der Waals surface area contributed by atoms with Gasteiger partial charge in [0.15, 0.2) is 0 Å². The summed E-state index contributed by atoms with van der Waals surface area (Å²) >= 11 is 0. The Kier molecular flexibility index (Phi) is 3.62. The molecule has 0 fully saturated rings. The molecular weight excluding hydrogens is 281 g/mol. The van der Waals surface area contributed by atoms with E-state index in [1.165, 1.54) is 17.9 Å². The number of hydrogen-bond donors (Lipinski definition) is 1. The van der Waals surface area contributed by atoms with Crippen molar-refractivity contribution in [3.63, 3.8) is 0 Å². The fourth-order valence-corrected chi connectivity index (χ4v) is 1.64. The third kappa shape index (κ3) is 2.69. The second kappa shape index (κ2) is 5.38. The molecule has 1 aromatic carbocycles. The maximum Gasteiger partial charge on any atom is 0.270 e. The van der Waals surface area contributed by atoms with Crippen molar-refractivity contribution in [2.24, 2.45) is 7.05 Å².